The number of halogens is 3. The maximum absolute atomic E-state index is 13.3. The molecule has 0 aliphatic rings. The number of para-hydroxylation sites is 1. The van der Waals surface area contributed by atoms with Crippen molar-refractivity contribution in [1.82, 2.24) is 4.98 Å². The molecule has 0 bridgehead atoms. The van der Waals surface area contributed by atoms with Gasteiger partial charge in [-0.05, 0) is 47.0 Å². The Bertz CT molecular complexity index is 1330. The molecule has 2 N–H and O–H groups in total. The van der Waals surface area contributed by atoms with Crippen molar-refractivity contribution in [3.8, 4) is 21.6 Å². The van der Waals surface area contributed by atoms with E-state index in [9.17, 15) is 21.6 Å². The van der Waals surface area contributed by atoms with Gasteiger partial charge in [-0.3, -0.25) is 4.98 Å². The van der Waals surface area contributed by atoms with E-state index in [4.69, 9.17) is 5.14 Å². The van der Waals surface area contributed by atoms with E-state index in [1.165, 1.54) is 18.3 Å². The molecule has 0 saturated carbocycles. The summed E-state index contributed by atoms with van der Waals surface area (Å²) in [5.74, 6) is 0. The lowest BCUT2D eigenvalue weighted by Crippen LogP contribution is -2.09. The second-order valence-corrected chi connectivity index (χ2v) is 9.17. The quantitative estimate of drug-likeness (QED) is 0.476. The van der Waals surface area contributed by atoms with Gasteiger partial charge in [0.15, 0.2) is 0 Å². The number of alkyl halides is 3. The minimum Gasteiger partial charge on any atom is -0.256 e. The van der Waals surface area contributed by atoms with E-state index >= 15 is 0 Å². The first kappa shape index (κ1) is 19.6. The van der Waals surface area contributed by atoms with Crippen LogP contribution in [0, 0.1) is 0 Å². The Morgan fingerprint density at radius 1 is 0.931 bits per heavy atom. The lowest BCUT2D eigenvalue weighted by atomic mass is 9.97. The average molecular weight is 434 g/mol. The molecule has 0 unspecified atom stereocenters. The van der Waals surface area contributed by atoms with Crippen LogP contribution in [0.1, 0.15) is 5.56 Å². The van der Waals surface area contributed by atoms with E-state index in [0.29, 0.717) is 21.4 Å². The highest BCUT2D eigenvalue weighted by molar-refractivity contribution is 7.91. The molecule has 0 radical (unpaired) electrons. The lowest BCUT2D eigenvalue weighted by Gasteiger charge is -2.12. The Balaban J connectivity index is 1.86. The first-order valence-electron chi connectivity index (χ1n) is 8.33. The number of sulfonamides is 1. The number of fused-ring (bicyclic) bond motifs is 1. The Kier molecular flexibility index (Phi) is 4.68. The van der Waals surface area contributed by atoms with E-state index in [-0.39, 0.29) is 9.73 Å². The summed E-state index contributed by atoms with van der Waals surface area (Å²) in [5.41, 5.74) is 1.13. The number of aromatic nitrogens is 1. The summed E-state index contributed by atoms with van der Waals surface area (Å²) in [7, 11) is -3.80. The topological polar surface area (TPSA) is 73.1 Å². The predicted octanol–water partition coefficient (Wildman–Crippen LogP) is 5.30. The molecule has 2 aromatic heterocycles. The van der Waals surface area contributed by atoms with Crippen molar-refractivity contribution in [3.05, 3.63) is 72.4 Å². The first-order chi connectivity index (χ1) is 13.6. The number of nitrogens with two attached hydrogens (primary N) is 1. The van der Waals surface area contributed by atoms with Crippen LogP contribution in [-0.2, 0) is 16.2 Å². The number of benzene rings is 2. The average Bonchev–Trinajstić information content (AvgIpc) is 3.17. The maximum atomic E-state index is 13.3. The van der Waals surface area contributed by atoms with Gasteiger partial charge in [0.25, 0.3) is 0 Å². The highest BCUT2D eigenvalue weighted by Gasteiger charge is 2.33. The summed E-state index contributed by atoms with van der Waals surface area (Å²) in [4.78, 5) is 4.63. The molecule has 0 aliphatic carbocycles. The minimum atomic E-state index is -4.51. The largest absolute Gasteiger partial charge is 0.418 e. The van der Waals surface area contributed by atoms with E-state index in [2.05, 4.69) is 4.98 Å². The zero-order valence-corrected chi connectivity index (χ0v) is 16.3. The Morgan fingerprint density at radius 3 is 2.34 bits per heavy atom. The highest BCUT2D eigenvalue weighted by atomic mass is 32.2. The van der Waals surface area contributed by atoms with E-state index in [0.717, 1.165) is 23.0 Å². The Labute approximate surface area is 168 Å². The van der Waals surface area contributed by atoms with Crippen molar-refractivity contribution in [1.29, 1.82) is 0 Å². The van der Waals surface area contributed by atoms with Crippen LogP contribution in [0.15, 0.2) is 71.1 Å². The van der Waals surface area contributed by atoms with Crippen molar-refractivity contribution in [2.75, 3.05) is 0 Å². The van der Waals surface area contributed by atoms with Gasteiger partial charge < -0.3 is 0 Å². The van der Waals surface area contributed by atoms with Crippen LogP contribution in [0.5, 0.6) is 0 Å². The minimum absolute atomic E-state index is 0.0436. The van der Waals surface area contributed by atoms with Gasteiger partial charge >= 0.3 is 6.18 Å². The van der Waals surface area contributed by atoms with Crippen molar-refractivity contribution in [2.24, 2.45) is 5.14 Å². The zero-order valence-electron chi connectivity index (χ0n) is 14.6. The fourth-order valence-electron chi connectivity index (χ4n) is 3.12. The third kappa shape index (κ3) is 3.76. The van der Waals surface area contributed by atoms with Crippen LogP contribution in [0.25, 0.3) is 32.5 Å². The molecule has 2 heterocycles. The van der Waals surface area contributed by atoms with Crippen LogP contribution in [0.2, 0.25) is 0 Å². The summed E-state index contributed by atoms with van der Waals surface area (Å²) in [6, 6.07) is 15.9. The third-order valence-corrected chi connectivity index (χ3v) is 6.97. The van der Waals surface area contributed by atoms with Gasteiger partial charge in [0, 0.05) is 16.5 Å². The van der Waals surface area contributed by atoms with Crippen LogP contribution >= 0.6 is 11.3 Å². The molecule has 4 nitrogen and oxygen atoms in total. The van der Waals surface area contributed by atoms with Crippen LogP contribution in [-0.4, -0.2) is 13.4 Å². The number of rotatable bonds is 3. The highest BCUT2D eigenvalue weighted by Crippen LogP contribution is 2.38. The van der Waals surface area contributed by atoms with Crippen molar-refractivity contribution in [2.45, 2.75) is 10.4 Å². The van der Waals surface area contributed by atoms with Gasteiger partial charge in [-0.15, -0.1) is 11.3 Å². The summed E-state index contributed by atoms with van der Waals surface area (Å²) >= 11 is 1.03. The van der Waals surface area contributed by atoms with Gasteiger partial charge in [0.1, 0.15) is 4.21 Å². The van der Waals surface area contributed by atoms with E-state index in [1.807, 2.05) is 0 Å². The van der Waals surface area contributed by atoms with Gasteiger partial charge in [0.2, 0.25) is 10.0 Å². The number of primary sulfonamides is 1. The second kappa shape index (κ2) is 6.94. The van der Waals surface area contributed by atoms with Gasteiger partial charge in [0.05, 0.1) is 11.1 Å². The van der Waals surface area contributed by atoms with Crippen molar-refractivity contribution < 1.29 is 21.6 Å². The zero-order chi connectivity index (χ0) is 20.8. The SMILES string of the molecule is NS(=O)(=O)c1ccc(-c2cccc(-c3ccnc4c(C(F)(F)F)cccc34)c2)s1. The van der Waals surface area contributed by atoms with E-state index < -0.39 is 21.8 Å². The summed E-state index contributed by atoms with van der Waals surface area (Å²) in [6.07, 6.45) is -3.15. The standard InChI is InChI=1S/C20H13F3N2O2S2/c21-20(22,23)16-6-2-5-15-14(9-10-25-19(15)16)12-3-1-4-13(11-12)17-7-8-18(28-17)29(24,26)27/h1-11H,(H2,24,26,27). The van der Waals surface area contributed by atoms with Gasteiger partial charge in [-0.25, -0.2) is 13.6 Å². The molecule has 2 aromatic carbocycles. The maximum Gasteiger partial charge on any atom is 0.418 e. The normalized spacial score (nSPS) is 12.4. The van der Waals surface area contributed by atoms with Crippen LogP contribution in [0.4, 0.5) is 13.2 Å². The number of thiophene rings is 1. The van der Waals surface area contributed by atoms with Crippen LogP contribution < -0.4 is 5.14 Å². The fourth-order valence-corrected chi connectivity index (χ4v) is 4.85. The molecule has 29 heavy (non-hydrogen) atoms. The molecule has 0 amide bonds. The van der Waals surface area contributed by atoms with Gasteiger partial charge in [-0.1, -0.05) is 30.3 Å². The number of nitrogens with zero attached hydrogens (tertiary/aromatic N) is 1. The molecule has 4 rings (SSSR count). The lowest BCUT2D eigenvalue weighted by molar-refractivity contribution is -0.136. The molecule has 0 aliphatic heterocycles. The molecular weight excluding hydrogens is 421 g/mol. The summed E-state index contributed by atoms with van der Waals surface area (Å²) in [6.45, 7) is 0. The molecule has 0 atom stereocenters. The fraction of sp³-hybridized carbons (Fsp3) is 0.0500. The second-order valence-electron chi connectivity index (χ2n) is 6.30. The predicted molar refractivity (Wildman–Crippen MR) is 107 cm³/mol. The molecule has 9 heteroatoms. The molecular formula is C20H13F3N2O2S2. The smallest absolute Gasteiger partial charge is 0.256 e. The number of pyridine rings is 1. The van der Waals surface area contributed by atoms with Crippen molar-refractivity contribution >= 4 is 32.3 Å². The monoisotopic (exact) mass is 434 g/mol. The number of hydrogen-bond donors (Lipinski definition) is 1. The molecule has 0 fully saturated rings. The molecule has 4 aromatic rings. The van der Waals surface area contributed by atoms with E-state index in [1.54, 1.807) is 42.5 Å². The van der Waals surface area contributed by atoms with Gasteiger partial charge in [-0.2, -0.15) is 13.2 Å². The number of hydrogen-bond acceptors (Lipinski definition) is 4. The molecule has 148 valence electrons. The van der Waals surface area contributed by atoms with Crippen LogP contribution in [0.3, 0.4) is 0 Å². The summed E-state index contributed by atoms with van der Waals surface area (Å²) in [5, 5.41) is 5.55. The molecule has 0 spiro atoms. The first-order valence-corrected chi connectivity index (χ1v) is 10.7. The summed E-state index contributed by atoms with van der Waals surface area (Å²) < 4.78 is 63.1. The Morgan fingerprint density at radius 2 is 1.66 bits per heavy atom. The Hall–Kier alpha value is -2.75. The van der Waals surface area contributed by atoms with Crippen molar-refractivity contribution in [3.63, 3.8) is 0 Å². The third-order valence-electron chi connectivity index (χ3n) is 4.40. The molecule has 0 saturated heterocycles.